The number of nitrogens with one attached hydrogen (secondary N) is 1. The van der Waals surface area contributed by atoms with Gasteiger partial charge in [-0.2, -0.15) is 0 Å². The Morgan fingerprint density at radius 2 is 2.05 bits per heavy atom. The first-order chi connectivity index (χ1) is 9.67. The molecule has 0 unspecified atom stereocenters. The molecule has 0 atom stereocenters. The second kappa shape index (κ2) is 6.94. The normalized spacial score (nSPS) is 11.2. The van der Waals surface area contributed by atoms with E-state index in [4.69, 9.17) is 15.3 Å². The van der Waals surface area contributed by atoms with Gasteiger partial charge in [-0.25, -0.2) is 15.8 Å². The number of thiophene rings is 1. The van der Waals surface area contributed by atoms with Crippen LogP contribution in [0.1, 0.15) is 22.7 Å². The molecule has 2 rings (SSSR count). The van der Waals surface area contributed by atoms with E-state index in [1.165, 1.54) is 10.4 Å². The third-order valence-corrected chi connectivity index (χ3v) is 4.18. The van der Waals surface area contributed by atoms with Gasteiger partial charge in [-0.3, -0.25) is 0 Å². The van der Waals surface area contributed by atoms with Crippen LogP contribution in [0.15, 0.2) is 0 Å². The van der Waals surface area contributed by atoms with Gasteiger partial charge in [-0.05, 0) is 25.8 Å². The fraction of sp³-hybridized carbons (Fsp3) is 0.538. The van der Waals surface area contributed by atoms with E-state index in [0.29, 0.717) is 31.5 Å². The van der Waals surface area contributed by atoms with Crippen LogP contribution in [0.2, 0.25) is 0 Å². The Labute approximate surface area is 122 Å². The third kappa shape index (κ3) is 3.24. The number of hydrogen-bond donors (Lipinski definition) is 2. The third-order valence-electron chi connectivity index (χ3n) is 3.08. The van der Waals surface area contributed by atoms with E-state index < -0.39 is 0 Å². The summed E-state index contributed by atoms with van der Waals surface area (Å²) >= 11 is 1.65. The van der Waals surface area contributed by atoms with Gasteiger partial charge in [0, 0.05) is 25.2 Å². The van der Waals surface area contributed by atoms with E-state index in [1.807, 2.05) is 0 Å². The van der Waals surface area contributed by atoms with Crippen LogP contribution in [0.4, 0.5) is 5.82 Å². The first kappa shape index (κ1) is 15.1. The maximum absolute atomic E-state index is 5.56. The van der Waals surface area contributed by atoms with Crippen LogP contribution in [-0.2, 0) is 16.1 Å². The molecule has 0 spiro atoms. The van der Waals surface area contributed by atoms with Crippen LogP contribution in [-0.4, -0.2) is 30.3 Å². The van der Waals surface area contributed by atoms with Crippen molar-refractivity contribution >= 4 is 27.4 Å². The van der Waals surface area contributed by atoms with Crippen molar-refractivity contribution in [2.45, 2.75) is 26.9 Å². The molecule has 7 heteroatoms. The number of aryl methyl sites for hydroxylation is 2. The van der Waals surface area contributed by atoms with Gasteiger partial charge in [0.2, 0.25) is 0 Å². The van der Waals surface area contributed by atoms with Crippen molar-refractivity contribution in [2.24, 2.45) is 5.84 Å². The number of nitrogens with two attached hydrogens (primary N) is 1. The molecule has 0 aliphatic carbocycles. The van der Waals surface area contributed by atoms with Gasteiger partial charge < -0.3 is 14.9 Å². The highest BCUT2D eigenvalue weighted by atomic mass is 32.1. The Bertz CT molecular complexity index is 585. The maximum Gasteiger partial charge on any atom is 0.158 e. The van der Waals surface area contributed by atoms with Crippen LogP contribution in [0.5, 0.6) is 0 Å². The second-order valence-electron chi connectivity index (χ2n) is 4.50. The molecule has 110 valence electrons. The molecule has 20 heavy (non-hydrogen) atoms. The van der Waals surface area contributed by atoms with Crippen molar-refractivity contribution in [3.8, 4) is 0 Å². The minimum absolute atomic E-state index is 0.379. The highest BCUT2D eigenvalue weighted by Crippen LogP contribution is 2.32. The molecular formula is C13H20N4O2S. The molecule has 2 heterocycles. The topological polar surface area (TPSA) is 82.3 Å². The van der Waals surface area contributed by atoms with E-state index in [-0.39, 0.29) is 0 Å². The van der Waals surface area contributed by atoms with Crippen LogP contribution >= 0.6 is 11.3 Å². The number of anilines is 1. The quantitative estimate of drug-likeness (QED) is 0.463. The van der Waals surface area contributed by atoms with Gasteiger partial charge in [-0.15, -0.1) is 11.3 Å². The summed E-state index contributed by atoms with van der Waals surface area (Å²) in [7, 11) is 1.68. The molecule has 6 nitrogen and oxygen atoms in total. The zero-order chi connectivity index (χ0) is 14.5. The van der Waals surface area contributed by atoms with Gasteiger partial charge in [0.1, 0.15) is 11.4 Å². The lowest BCUT2D eigenvalue weighted by atomic mass is 10.2. The molecule has 2 aromatic rings. The van der Waals surface area contributed by atoms with Gasteiger partial charge in [-0.1, -0.05) is 0 Å². The predicted molar refractivity (Wildman–Crippen MR) is 80.8 cm³/mol. The van der Waals surface area contributed by atoms with Gasteiger partial charge >= 0.3 is 0 Å². The molecule has 0 saturated heterocycles. The first-order valence-corrected chi connectivity index (χ1v) is 7.29. The molecule has 2 aromatic heterocycles. The number of nitrogens with zero attached hydrogens (tertiary/aromatic N) is 2. The average Bonchev–Trinajstić information content (AvgIpc) is 2.73. The monoisotopic (exact) mass is 296 g/mol. The Morgan fingerprint density at radius 3 is 2.75 bits per heavy atom. The summed E-state index contributed by atoms with van der Waals surface area (Å²) in [6.45, 7) is 5.83. The van der Waals surface area contributed by atoms with Crippen molar-refractivity contribution in [3.05, 3.63) is 16.3 Å². The number of hydrogen-bond acceptors (Lipinski definition) is 7. The maximum atomic E-state index is 5.56. The highest BCUT2D eigenvalue weighted by molar-refractivity contribution is 7.18. The van der Waals surface area contributed by atoms with Crippen LogP contribution < -0.4 is 11.3 Å². The minimum atomic E-state index is 0.379. The molecule has 0 saturated carbocycles. The number of fused-ring (bicyclic) bond motifs is 1. The number of rotatable bonds is 7. The highest BCUT2D eigenvalue weighted by Gasteiger charge is 2.13. The SMILES string of the molecule is COCCCOCc1nc(NN)c2c(C)c(C)sc2n1. The molecule has 0 bridgehead atoms. The van der Waals surface area contributed by atoms with E-state index in [1.54, 1.807) is 18.4 Å². The van der Waals surface area contributed by atoms with Crippen LogP contribution in [0.3, 0.4) is 0 Å². The zero-order valence-electron chi connectivity index (χ0n) is 12.0. The van der Waals surface area contributed by atoms with E-state index >= 15 is 0 Å². The zero-order valence-corrected chi connectivity index (χ0v) is 12.8. The summed E-state index contributed by atoms with van der Waals surface area (Å²) in [4.78, 5) is 11.1. The lowest BCUT2D eigenvalue weighted by Crippen LogP contribution is -2.11. The molecule has 0 amide bonds. The standard InChI is InChI=1S/C13H20N4O2S/c1-8-9(2)20-13-11(8)12(17-14)15-10(16-13)7-19-6-4-5-18-3/h4-7,14H2,1-3H3,(H,15,16,17). The van der Waals surface area contributed by atoms with Crippen LogP contribution in [0.25, 0.3) is 10.2 Å². The molecule has 0 aliphatic heterocycles. The van der Waals surface area contributed by atoms with Gasteiger partial charge in [0.25, 0.3) is 0 Å². The lowest BCUT2D eigenvalue weighted by Gasteiger charge is -2.07. The Balaban J connectivity index is 2.15. The van der Waals surface area contributed by atoms with Crippen molar-refractivity contribution in [3.63, 3.8) is 0 Å². The van der Waals surface area contributed by atoms with E-state index in [9.17, 15) is 0 Å². The van der Waals surface area contributed by atoms with E-state index in [0.717, 1.165) is 16.6 Å². The molecule has 0 aliphatic rings. The number of nitrogen functional groups attached to an aromatic ring is 1. The number of hydrazine groups is 1. The fourth-order valence-electron chi connectivity index (χ4n) is 1.93. The van der Waals surface area contributed by atoms with Crippen molar-refractivity contribution in [1.29, 1.82) is 0 Å². The fourth-order valence-corrected chi connectivity index (χ4v) is 2.98. The van der Waals surface area contributed by atoms with Gasteiger partial charge in [0.15, 0.2) is 11.6 Å². The Kier molecular flexibility index (Phi) is 5.24. The van der Waals surface area contributed by atoms with Crippen molar-refractivity contribution in [2.75, 3.05) is 25.7 Å². The van der Waals surface area contributed by atoms with Crippen LogP contribution in [0, 0.1) is 13.8 Å². The van der Waals surface area contributed by atoms with Gasteiger partial charge in [0.05, 0.1) is 5.39 Å². The molecule has 0 fully saturated rings. The summed E-state index contributed by atoms with van der Waals surface area (Å²) in [5.41, 5.74) is 3.83. The van der Waals surface area contributed by atoms with Crippen molar-refractivity contribution in [1.82, 2.24) is 9.97 Å². The Morgan fingerprint density at radius 1 is 1.25 bits per heavy atom. The summed E-state index contributed by atoms with van der Waals surface area (Å²) in [6, 6.07) is 0. The number of methoxy groups -OCH3 is 1. The smallest absolute Gasteiger partial charge is 0.158 e. The summed E-state index contributed by atoms with van der Waals surface area (Å²) < 4.78 is 10.5. The molecule has 0 aromatic carbocycles. The molecular weight excluding hydrogens is 276 g/mol. The average molecular weight is 296 g/mol. The van der Waals surface area contributed by atoms with E-state index in [2.05, 4.69) is 29.2 Å². The molecule has 3 N–H and O–H groups in total. The summed E-state index contributed by atoms with van der Waals surface area (Å²) in [5, 5.41) is 0.998. The molecule has 0 radical (unpaired) electrons. The van der Waals surface area contributed by atoms with Crippen molar-refractivity contribution < 1.29 is 9.47 Å². The largest absolute Gasteiger partial charge is 0.385 e. The number of aromatic nitrogens is 2. The Hall–Kier alpha value is -1.28. The summed E-state index contributed by atoms with van der Waals surface area (Å²) in [6.07, 6.45) is 0.859. The minimum Gasteiger partial charge on any atom is -0.385 e. The number of ether oxygens (including phenoxy) is 2. The lowest BCUT2D eigenvalue weighted by molar-refractivity contribution is 0.0893. The summed E-state index contributed by atoms with van der Waals surface area (Å²) in [5.74, 6) is 6.87. The predicted octanol–water partition coefficient (Wildman–Crippen LogP) is 2.15. The second-order valence-corrected chi connectivity index (χ2v) is 5.70. The first-order valence-electron chi connectivity index (χ1n) is 6.47.